The van der Waals surface area contributed by atoms with Gasteiger partial charge in [-0.3, -0.25) is 0 Å². The Morgan fingerprint density at radius 2 is 2.17 bits per heavy atom. The minimum atomic E-state index is 0.0336. The van der Waals surface area contributed by atoms with Gasteiger partial charge in [-0.05, 0) is 49.3 Å². The molecule has 0 aliphatic carbocycles. The highest BCUT2D eigenvalue weighted by Gasteiger charge is 2.12. The third-order valence-corrected chi connectivity index (χ3v) is 3.92. The maximum absolute atomic E-state index is 8.75. The van der Waals surface area contributed by atoms with E-state index in [1.54, 1.807) is 6.07 Å². The second-order valence-corrected chi connectivity index (χ2v) is 5.49. The fraction of sp³-hybridized carbons (Fsp3) is 0.200. The molecule has 0 aromatic carbocycles. The number of rotatable bonds is 3. The molecule has 0 saturated carbocycles. The number of hydrogen-bond donors (Lipinski definition) is 2. The fourth-order valence-electron chi connectivity index (χ4n) is 1.26. The van der Waals surface area contributed by atoms with Gasteiger partial charge in [-0.2, -0.15) is 4.37 Å². The average Bonchev–Trinajstić information content (AvgIpc) is 2.74. The normalized spacial score (nSPS) is 11.8. The van der Waals surface area contributed by atoms with Gasteiger partial charge in [-0.15, -0.1) is 0 Å². The lowest BCUT2D eigenvalue weighted by molar-refractivity contribution is 0.318. The number of pyridine rings is 1. The predicted octanol–water partition coefficient (Wildman–Crippen LogP) is 1.80. The number of aryl methyl sites for hydroxylation is 2. The van der Waals surface area contributed by atoms with Crippen LogP contribution in [0.3, 0.4) is 0 Å². The molecule has 0 atom stereocenters. The molecule has 6 nitrogen and oxygen atoms in total. The van der Waals surface area contributed by atoms with Crippen LogP contribution in [0, 0.1) is 13.8 Å². The molecule has 94 valence electrons. The fourth-order valence-corrected chi connectivity index (χ4v) is 3.00. The largest absolute Gasteiger partial charge is 0.409 e. The number of nitrogens with two attached hydrogens (primary N) is 1. The van der Waals surface area contributed by atoms with Crippen LogP contribution in [0.5, 0.6) is 0 Å². The van der Waals surface area contributed by atoms with Gasteiger partial charge >= 0.3 is 0 Å². The summed E-state index contributed by atoms with van der Waals surface area (Å²) in [5.74, 6) is 0.756. The lowest BCUT2D eigenvalue weighted by Gasteiger charge is -2.05. The number of oxime groups is 1. The van der Waals surface area contributed by atoms with Crippen LogP contribution in [0.2, 0.25) is 0 Å². The summed E-state index contributed by atoms with van der Waals surface area (Å²) in [6.07, 6.45) is 0. The van der Waals surface area contributed by atoms with Crippen molar-refractivity contribution < 1.29 is 5.21 Å². The molecule has 0 unspecified atom stereocenters. The van der Waals surface area contributed by atoms with Gasteiger partial charge in [0.05, 0.1) is 5.56 Å². The summed E-state index contributed by atoms with van der Waals surface area (Å²) in [5, 5.41) is 12.4. The van der Waals surface area contributed by atoms with Crippen molar-refractivity contribution in [1.82, 2.24) is 14.3 Å². The zero-order chi connectivity index (χ0) is 13.1. The molecule has 2 aromatic rings. The highest BCUT2D eigenvalue weighted by Crippen LogP contribution is 2.30. The first kappa shape index (κ1) is 12.8. The first-order valence-corrected chi connectivity index (χ1v) is 6.63. The van der Waals surface area contributed by atoms with Gasteiger partial charge in [-0.25, -0.2) is 9.97 Å². The van der Waals surface area contributed by atoms with Crippen LogP contribution >= 0.6 is 23.3 Å². The van der Waals surface area contributed by atoms with Crippen molar-refractivity contribution in [1.29, 1.82) is 0 Å². The Kier molecular flexibility index (Phi) is 3.78. The van der Waals surface area contributed by atoms with E-state index >= 15 is 0 Å². The minimum absolute atomic E-state index is 0.0336. The van der Waals surface area contributed by atoms with E-state index in [9.17, 15) is 0 Å². The number of hydrogen-bond acceptors (Lipinski definition) is 7. The van der Waals surface area contributed by atoms with E-state index < -0.39 is 0 Å². The van der Waals surface area contributed by atoms with Gasteiger partial charge < -0.3 is 10.9 Å². The molecule has 0 amide bonds. The van der Waals surface area contributed by atoms with Crippen LogP contribution in [0.4, 0.5) is 0 Å². The van der Waals surface area contributed by atoms with Crippen molar-refractivity contribution in [2.45, 2.75) is 23.2 Å². The van der Waals surface area contributed by atoms with Crippen molar-refractivity contribution in [3.63, 3.8) is 0 Å². The Morgan fingerprint density at radius 1 is 1.39 bits per heavy atom. The lowest BCUT2D eigenvalue weighted by Crippen LogP contribution is -2.15. The Labute approximate surface area is 112 Å². The number of aromatic nitrogens is 3. The molecule has 8 heteroatoms. The molecule has 2 rings (SSSR count). The summed E-state index contributed by atoms with van der Waals surface area (Å²) in [4.78, 5) is 8.63. The Balaban J connectivity index is 2.39. The van der Waals surface area contributed by atoms with Gasteiger partial charge in [0, 0.05) is 5.69 Å². The third kappa shape index (κ3) is 2.77. The van der Waals surface area contributed by atoms with Crippen molar-refractivity contribution in [3.8, 4) is 0 Å². The van der Waals surface area contributed by atoms with E-state index in [4.69, 9.17) is 10.9 Å². The van der Waals surface area contributed by atoms with Crippen molar-refractivity contribution in [2.75, 3.05) is 0 Å². The number of nitrogens with zero attached hydrogens (tertiary/aromatic N) is 4. The summed E-state index contributed by atoms with van der Waals surface area (Å²) in [5.41, 5.74) is 7.06. The third-order valence-electron chi connectivity index (χ3n) is 2.08. The van der Waals surface area contributed by atoms with Gasteiger partial charge in [-0.1, -0.05) is 5.16 Å². The van der Waals surface area contributed by atoms with Crippen LogP contribution < -0.4 is 5.73 Å². The minimum Gasteiger partial charge on any atom is -0.409 e. The van der Waals surface area contributed by atoms with E-state index in [0.29, 0.717) is 10.6 Å². The summed E-state index contributed by atoms with van der Waals surface area (Å²) in [7, 11) is 0. The summed E-state index contributed by atoms with van der Waals surface area (Å²) < 4.78 is 4.88. The molecule has 0 fully saturated rings. The second kappa shape index (κ2) is 5.32. The Hall–Kier alpha value is -1.67. The Morgan fingerprint density at radius 3 is 2.78 bits per heavy atom. The molecule has 2 heterocycles. The van der Waals surface area contributed by atoms with E-state index in [-0.39, 0.29) is 5.84 Å². The average molecular weight is 281 g/mol. The van der Waals surface area contributed by atoms with Crippen LogP contribution in [0.15, 0.2) is 26.7 Å². The maximum atomic E-state index is 8.75. The topological polar surface area (TPSA) is 97.3 Å². The summed E-state index contributed by atoms with van der Waals surface area (Å²) >= 11 is 2.65. The quantitative estimate of drug-likeness (QED) is 0.385. The zero-order valence-electron chi connectivity index (χ0n) is 9.78. The van der Waals surface area contributed by atoms with Crippen LogP contribution in [-0.2, 0) is 0 Å². The lowest BCUT2D eigenvalue weighted by atomic mass is 10.2. The highest BCUT2D eigenvalue weighted by molar-refractivity contribution is 8.01. The van der Waals surface area contributed by atoms with E-state index in [0.717, 1.165) is 15.9 Å². The maximum Gasteiger partial charge on any atom is 0.176 e. The van der Waals surface area contributed by atoms with Crippen molar-refractivity contribution in [2.24, 2.45) is 10.9 Å². The zero-order valence-corrected chi connectivity index (χ0v) is 11.4. The first-order chi connectivity index (χ1) is 8.60. The molecule has 18 heavy (non-hydrogen) atoms. The Bertz CT molecular complexity index is 596. The standard InChI is InChI=1S/C10H11N5OS2/c1-5-3-4-7(8(11)14-16)9(12-5)17-10-13-6(2)15-18-10/h3-4,16H,1-2H3,(H2,11,14). The summed E-state index contributed by atoms with van der Waals surface area (Å²) in [6, 6.07) is 3.58. The van der Waals surface area contributed by atoms with Crippen molar-refractivity contribution in [3.05, 3.63) is 29.2 Å². The van der Waals surface area contributed by atoms with Gasteiger partial charge in [0.1, 0.15) is 10.9 Å². The van der Waals surface area contributed by atoms with E-state index in [2.05, 4.69) is 19.5 Å². The SMILES string of the molecule is Cc1ccc(C(N)=NO)c(Sc2nc(C)ns2)n1. The molecule has 2 aromatic heterocycles. The molecule has 0 spiro atoms. The van der Waals surface area contributed by atoms with Gasteiger partial charge in [0.15, 0.2) is 10.2 Å². The molecule has 0 bridgehead atoms. The molecule has 0 aliphatic heterocycles. The van der Waals surface area contributed by atoms with Crippen LogP contribution in [0.1, 0.15) is 17.1 Å². The summed E-state index contributed by atoms with van der Waals surface area (Å²) in [6.45, 7) is 3.71. The molecular formula is C10H11N5OS2. The van der Waals surface area contributed by atoms with Gasteiger partial charge in [0.25, 0.3) is 0 Å². The molecule has 0 saturated heterocycles. The molecular weight excluding hydrogens is 270 g/mol. The molecule has 0 radical (unpaired) electrons. The first-order valence-electron chi connectivity index (χ1n) is 5.04. The van der Waals surface area contributed by atoms with Crippen LogP contribution in [-0.4, -0.2) is 25.4 Å². The molecule has 3 N–H and O–H groups in total. The molecule has 0 aliphatic rings. The predicted molar refractivity (Wildman–Crippen MR) is 70.3 cm³/mol. The second-order valence-electron chi connectivity index (χ2n) is 3.50. The van der Waals surface area contributed by atoms with E-state index in [1.165, 1.54) is 23.3 Å². The smallest absolute Gasteiger partial charge is 0.176 e. The van der Waals surface area contributed by atoms with E-state index in [1.807, 2.05) is 19.9 Å². The van der Waals surface area contributed by atoms with Crippen molar-refractivity contribution >= 4 is 29.1 Å². The monoisotopic (exact) mass is 281 g/mol. The van der Waals surface area contributed by atoms with Gasteiger partial charge in [0.2, 0.25) is 0 Å². The van der Waals surface area contributed by atoms with Crippen LogP contribution in [0.25, 0.3) is 0 Å². The highest BCUT2D eigenvalue weighted by atomic mass is 32.2. The number of amidine groups is 1.